The molecule has 0 spiro atoms. The molecule has 2 N–H and O–H groups in total. The Morgan fingerprint density at radius 2 is 2.43 bits per heavy atom. The Kier molecular flexibility index (Phi) is 2.92. The predicted octanol–water partition coefficient (Wildman–Crippen LogP) is 1.18. The van der Waals surface area contributed by atoms with Gasteiger partial charge in [0.2, 0.25) is 5.91 Å². The summed E-state index contributed by atoms with van der Waals surface area (Å²) in [5.74, 6) is -0.249. The molecule has 0 saturated heterocycles. The number of hydrogen-bond acceptors (Lipinski definition) is 2. The Balaban J connectivity index is 2.48. The normalized spacial score (nSPS) is 10.6. The summed E-state index contributed by atoms with van der Waals surface area (Å²) < 4.78 is 0. The highest BCUT2D eigenvalue weighted by molar-refractivity contribution is 5.84. The van der Waals surface area contributed by atoms with E-state index in [1.165, 1.54) is 0 Å². The Morgan fingerprint density at radius 3 is 2.93 bits per heavy atom. The number of H-pyrrole nitrogens is 1. The Hall–Kier alpha value is -1.76. The molecule has 0 aliphatic carbocycles. The quantitative estimate of drug-likeness (QED) is 0.753. The Morgan fingerprint density at radius 1 is 1.71 bits per heavy atom. The summed E-state index contributed by atoms with van der Waals surface area (Å²) in [6.07, 6.45) is 3.59. The minimum Gasteiger partial charge on any atom is -0.367 e. The molecule has 0 aromatic carbocycles. The highest BCUT2D eigenvalue weighted by atomic mass is 16.2. The maximum atomic E-state index is 11.4. The van der Waals surface area contributed by atoms with E-state index < -0.39 is 5.41 Å². The lowest BCUT2D eigenvalue weighted by atomic mass is 9.95. The molecule has 1 amide bonds. The van der Waals surface area contributed by atoms with Crippen molar-refractivity contribution >= 4 is 5.91 Å². The number of amides is 1. The lowest BCUT2D eigenvalue weighted by Crippen LogP contribution is -2.35. The molecule has 0 fully saturated rings. The van der Waals surface area contributed by atoms with Gasteiger partial charge in [0.05, 0.1) is 6.07 Å². The molecule has 0 saturated carbocycles. The van der Waals surface area contributed by atoms with Gasteiger partial charge in [-0.25, -0.2) is 0 Å². The van der Waals surface area contributed by atoms with Crippen molar-refractivity contribution in [3.8, 4) is 6.07 Å². The number of rotatable bonds is 3. The van der Waals surface area contributed by atoms with Crippen molar-refractivity contribution in [2.75, 3.05) is 0 Å². The van der Waals surface area contributed by atoms with Gasteiger partial charge in [0, 0.05) is 18.9 Å². The van der Waals surface area contributed by atoms with Crippen molar-refractivity contribution in [1.82, 2.24) is 10.3 Å². The number of carbonyl (C=O) groups excluding carboxylic acids is 1. The summed E-state index contributed by atoms with van der Waals surface area (Å²) in [6.45, 7) is 3.65. The van der Waals surface area contributed by atoms with Crippen LogP contribution in [-0.2, 0) is 11.3 Å². The van der Waals surface area contributed by atoms with Gasteiger partial charge in [-0.05, 0) is 25.5 Å². The van der Waals surface area contributed by atoms with E-state index in [0.29, 0.717) is 6.54 Å². The fraction of sp³-hybridized carbons (Fsp3) is 0.400. The molecule has 1 aromatic heterocycles. The molecular weight excluding hydrogens is 178 g/mol. The Labute approximate surface area is 82.9 Å². The van der Waals surface area contributed by atoms with E-state index in [0.717, 1.165) is 5.56 Å². The smallest absolute Gasteiger partial charge is 0.240 e. The van der Waals surface area contributed by atoms with Gasteiger partial charge in [0.15, 0.2) is 0 Å². The van der Waals surface area contributed by atoms with Crippen molar-refractivity contribution in [3.05, 3.63) is 24.0 Å². The lowest BCUT2D eigenvalue weighted by Gasteiger charge is -2.14. The van der Waals surface area contributed by atoms with E-state index in [1.54, 1.807) is 26.2 Å². The zero-order valence-electron chi connectivity index (χ0n) is 8.29. The third-order valence-electron chi connectivity index (χ3n) is 1.96. The van der Waals surface area contributed by atoms with Crippen LogP contribution in [0.4, 0.5) is 0 Å². The number of hydrogen-bond donors (Lipinski definition) is 2. The monoisotopic (exact) mass is 191 g/mol. The molecule has 0 radical (unpaired) electrons. The van der Waals surface area contributed by atoms with Gasteiger partial charge in [-0.3, -0.25) is 4.79 Å². The van der Waals surface area contributed by atoms with E-state index in [9.17, 15) is 4.79 Å². The van der Waals surface area contributed by atoms with Gasteiger partial charge in [-0.15, -0.1) is 0 Å². The summed E-state index contributed by atoms with van der Waals surface area (Å²) in [5.41, 5.74) is 0.0307. The van der Waals surface area contributed by atoms with Crippen LogP contribution in [0.25, 0.3) is 0 Å². The van der Waals surface area contributed by atoms with E-state index in [-0.39, 0.29) is 5.91 Å². The minimum absolute atomic E-state index is 0.249. The van der Waals surface area contributed by atoms with Crippen LogP contribution in [-0.4, -0.2) is 10.9 Å². The number of aromatic amines is 1. The van der Waals surface area contributed by atoms with Gasteiger partial charge < -0.3 is 10.3 Å². The SMILES string of the molecule is CC(C)(C#N)C(=O)NCc1cc[nH]c1. The van der Waals surface area contributed by atoms with Crippen LogP contribution < -0.4 is 5.32 Å². The van der Waals surface area contributed by atoms with Gasteiger partial charge >= 0.3 is 0 Å². The van der Waals surface area contributed by atoms with Gasteiger partial charge in [0.1, 0.15) is 5.41 Å². The molecule has 14 heavy (non-hydrogen) atoms. The van der Waals surface area contributed by atoms with Crippen LogP contribution in [0.15, 0.2) is 18.5 Å². The van der Waals surface area contributed by atoms with Gasteiger partial charge in [-0.1, -0.05) is 0 Å². The van der Waals surface area contributed by atoms with Crippen LogP contribution in [0, 0.1) is 16.7 Å². The first-order valence-electron chi connectivity index (χ1n) is 4.37. The first-order chi connectivity index (χ1) is 6.56. The fourth-order valence-corrected chi connectivity index (χ4v) is 0.922. The van der Waals surface area contributed by atoms with Crippen LogP contribution >= 0.6 is 0 Å². The van der Waals surface area contributed by atoms with Gasteiger partial charge in [-0.2, -0.15) is 5.26 Å². The fourth-order valence-electron chi connectivity index (χ4n) is 0.922. The zero-order valence-corrected chi connectivity index (χ0v) is 8.29. The molecule has 0 aliphatic heterocycles. The molecule has 4 nitrogen and oxygen atoms in total. The number of nitriles is 1. The van der Waals surface area contributed by atoms with Crippen molar-refractivity contribution in [1.29, 1.82) is 5.26 Å². The highest BCUT2D eigenvalue weighted by Crippen LogP contribution is 2.12. The van der Waals surface area contributed by atoms with Gasteiger partial charge in [0.25, 0.3) is 0 Å². The van der Waals surface area contributed by atoms with Crippen molar-refractivity contribution in [2.45, 2.75) is 20.4 Å². The zero-order chi connectivity index (χ0) is 10.6. The third kappa shape index (κ3) is 2.36. The molecular formula is C10H13N3O. The standard InChI is InChI=1S/C10H13N3O/c1-10(2,7-11)9(14)13-6-8-3-4-12-5-8/h3-5,12H,6H2,1-2H3,(H,13,14). The summed E-state index contributed by atoms with van der Waals surface area (Å²) in [4.78, 5) is 14.3. The summed E-state index contributed by atoms with van der Waals surface area (Å²) in [6, 6.07) is 3.83. The molecule has 74 valence electrons. The predicted molar refractivity (Wildman–Crippen MR) is 52.0 cm³/mol. The summed E-state index contributed by atoms with van der Waals surface area (Å²) in [5, 5.41) is 11.4. The van der Waals surface area contributed by atoms with Crippen LogP contribution in [0.5, 0.6) is 0 Å². The lowest BCUT2D eigenvalue weighted by molar-refractivity contribution is -0.126. The number of aromatic nitrogens is 1. The second kappa shape index (κ2) is 3.97. The Bertz CT molecular complexity index is 346. The second-order valence-corrected chi connectivity index (χ2v) is 3.64. The van der Waals surface area contributed by atoms with Crippen LogP contribution in [0.3, 0.4) is 0 Å². The minimum atomic E-state index is -0.962. The maximum absolute atomic E-state index is 11.4. The second-order valence-electron chi connectivity index (χ2n) is 3.64. The number of nitrogens with one attached hydrogen (secondary N) is 2. The molecule has 1 aromatic rings. The van der Waals surface area contributed by atoms with Crippen molar-refractivity contribution in [2.24, 2.45) is 5.41 Å². The largest absolute Gasteiger partial charge is 0.367 e. The molecule has 4 heteroatoms. The third-order valence-corrected chi connectivity index (χ3v) is 1.96. The maximum Gasteiger partial charge on any atom is 0.240 e. The molecule has 0 aliphatic rings. The number of nitrogens with zero attached hydrogens (tertiary/aromatic N) is 1. The molecule has 0 bridgehead atoms. The molecule has 1 heterocycles. The van der Waals surface area contributed by atoms with Crippen molar-refractivity contribution < 1.29 is 4.79 Å². The topological polar surface area (TPSA) is 68.7 Å². The first-order valence-corrected chi connectivity index (χ1v) is 4.37. The average Bonchev–Trinajstić information content (AvgIpc) is 2.66. The van der Waals surface area contributed by atoms with E-state index in [1.807, 2.05) is 12.1 Å². The summed E-state index contributed by atoms with van der Waals surface area (Å²) in [7, 11) is 0. The first kappa shape index (κ1) is 10.3. The van der Waals surface area contributed by atoms with E-state index in [2.05, 4.69) is 10.3 Å². The highest BCUT2D eigenvalue weighted by Gasteiger charge is 2.26. The van der Waals surface area contributed by atoms with E-state index in [4.69, 9.17) is 5.26 Å². The van der Waals surface area contributed by atoms with Crippen LogP contribution in [0.1, 0.15) is 19.4 Å². The number of carbonyl (C=O) groups is 1. The molecule has 0 unspecified atom stereocenters. The van der Waals surface area contributed by atoms with Crippen LogP contribution in [0.2, 0.25) is 0 Å². The average molecular weight is 191 g/mol. The van der Waals surface area contributed by atoms with Crippen molar-refractivity contribution in [3.63, 3.8) is 0 Å². The molecule has 0 atom stereocenters. The van der Waals surface area contributed by atoms with E-state index >= 15 is 0 Å². The molecule has 1 rings (SSSR count). The summed E-state index contributed by atoms with van der Waals surface area (Å²) >= 11 is 0.